The van der Waals surface area contributed by atoms with Gasteiger partial charge in [0.2, 0.25) is 0 Å². The summed E-state index contributed by atoms with van der Waals surface area (Å²) in [5, 5.41) is 4.41. The minimum absolute atomic E-state index is 0.378. The van der Waals surface area contributed by atoms with Crippen molar-refractivity contribution < 1.29 is 0 Å². The largest absolute Gasteiger partial charge is 0.367 e. The molecule has 1 aromatic heterocycles. The lowest BCUT2D eigenvalue weighted by atomic mass is 9.95. The number of rotatable bonds is 2. The molecular weight excluding hydrogens is 185 g/mol. The molecule has 1 N–H and O–H groups in total. The van der Waals surface area contributed by atoms with Gasteiger partial charge in [-0.3, -0.25) is 0 Å². The normalized spacial score (nSPS) is 10.9. The monoisotopic (exact) mass is 199 g/mol. The Bertz CT molecular complexity index is 482. The molecule has 0 bridgehead atoms. The third-order valence-electron chi connectivity index (χ3n) is 2.22. The minimum atomic E-state index is 0.378. The molecule has 0 amide bonds. The van der Waals surface area contributed by atoms with E-state index in [0.717, 1.165) is 16.7 Å². The molecule has 2 aromatic rings. The highest BCUT2D eigenvalue weighted by molar-refractivity contribution is 6.33. The van der Waals surface area contributed by atoms with Gasteiger partial charge in [-0.15, -0.1) is 0 Å². The van der Waals surface area contributed by atoms with E-state index >= 15 is 0 Å². The van der Waals surface area contributed by atoms with Crippen molar-refractivity contribution in [2.75, 3.05) is 5.32 Å². The minimum Gasteiger partial charge on any atom is -0.367 e. The van der Waals surface area contributed by atoms with Crippen molar-refractivity contribution >= 4 is 30.0 Å². The number of hydrogen-bond donors (Lipinski definition) is 1. The molecule has 0 aliphatic carbocycles. The Morgan fingerprint density at radius 1 is 1.27 bits per heavy atom. The number of fused-ring (bicyclic) bond motifs is 1. The highest BCUT2D eigenvalue weighted by Gasteiger charge is 2.04. The quantitative estimate of drug-likeness (QED) is 0.723. The molecule has 0 unspecified atom stereocenters. The summed E-state index contributed by atoms with van der Waals surface area (Å²) < 4.78 is 0. The summed E-state index contributed by atoms with van der Waals surface area (Å²) in [4.78, 5) is 8.51. The first-order valence-electron chi connectivity index (χ1n) is 5.15. The second-order valence-electron chi connectivity index (χ2n) is 4.04. The van der Waals surface area contributed by atoms with Crippen LogP contribution < -0.4 is 10.8 Å². The van der Waals surface area contributed by atoms with Crippen molar-refractivity contribution in [2.24, 2.45) is 0 Å². The van der Waals surface area contributed by atoms with Gasteiger partial charge in [-0.05, 0) is 19.9 Å². The second kappa shape index (κ2) is 3.89. The van der Waals surface area contributed by atoms with Crippen LogP contribution in [0.1, 0.15) is 13.8 Å². The van der Waals surface area contributed by atoms with Crippen molar-refractivity contribution in [2.45, 2.75) is 19.9 Å². The van der Waals surface area contributed by atoms with Crippen LogP contribution in [0, 0.1) is 0 Å². The lowest BCUT2D eigenvalue weighted by Crippen LogP contribution is -2.12. The van der Waals surface area contributed by atoms with Gasteiger partial charge in [-0.2, -0.15) is 0 Å². The van der Waals surface area contributed by atoms with Gasteiger partial charge in [0.25, 0.3) is 0 Å². The summed E-state index contributed by atoms with van der Waals surface area (Å²) in [5.41, 5.74) is 2.21. The smallest absolute Gasteiger partial charge is 0.139 e. The molecule has 4 heteroatoms. The van der Waals surface area contributed by atoms with Crippen LogP contribution in [0.3, 0.4) is 0 Å². The number of benzene rings is 1. The van der Waals surface area contributed by atoms with Crippen LogP contribution in [0.25, 0.3) is 10.9 Å². The fraction of sp³-hybridized carbons (Fsp3) is 0.273. The molecule has 0 fully saturated rings. The van der Waals surface area contributed by atoms with Crippen LogP contribution in [0.4, 0.5) is 5.82 Å². The predicted octanol–water partition coefficient (Wildman–Crippen LogP) is 0.708. The van der Waals surface area contributed by atoms with Gasteiger partial charge in [0.1, 0.15) is 20.0 Å². The Balaban J connectivity index is 2.58. The lowest BCUT2D eigenvalue weighted by molar-refractivity contribution is 0.890. The van der Waals surface area contributed by atoms with Gasteiger partial charge >= 0.3 is 0 Å². The second-order valence-corrected chi connectivity index (χ2v) is 4.04. The van der Waals surface area contributed by atoms with Crippen LogP contribution >= 0.6 is 0 Å². The maximum atomic E-state index is 4.27. The molecule has 0 saturated heterocycles. The van der Waals surface area contributed by atoms with Crippen LogP contribution in [-0.2, 0) is 0 Å². The molecule has 0 radical (unpaired) electrons. The Morgan fingerprint density at radius 2 is 2.07 bits per heavy atom. The summed E-state index contributed by atoms with van der Waals surface area (Å²) in [6.07, 6.45) is 1.60. The van der Waals surface area contributed by atoms with Crippen LogP contribution in [0.15, 0.2) is 24.5 Å². The fourth-order valence-electron chi connectivity index (χ4n) is 1.56. The lowest BCUT2D eigenvalue weighted by Gasteiger charge is -2.11. The molecule has 0 aliphatic rings. The number of nitrogens with one attached hydrogen (secondary N) is 1. The third kappa shape index (κ3) is 2.09. The average molecular weight is 199 g/mol. The highest BCUT2D eigenvalue weighted by Crippen LogP contribution is 2.17. The van der Waals surface area contributed by atoms with E-state index in [1.807, 2.05) is 6.07 Å². The third-order valence-corrected chi connectivity index (χ3v) is 2.22. The van der Waals surface area contributed by atoms with Crippen LogP contribution in [0.2, 0.25) is 0 Å². The highest BCUT2D eigenvalue weighted by atomic mass is 15.0. The number of anilines is 1. The van der Waals surface area contributed by atoms with Gasteiger partial charge in [0.15, 0.2) is 0 Å². The zero-order chi connectivity index (χ0) is 10.8. The van der Waals surface area contributed by atoms with E-state index in [-0.39, 0.29) is 0 Å². The fourth-order valence-corrected chi connectivity index (χ4v) is 1.56. The predicted molar refractivity (Wildman–Crippen MR) is 66.5 cm³/mol. The molecule has 0 spiro atoms. The van der Waals surface area contributed by atoms with E-state index < -0.39 is 0 Å². The maximum Gasteiger partial charge on any atom is 0.139 e. The van der Waals surface area contributed by atoms with E-state index in [0.29, 0.717) is 6.04 Å². The molecule has 0 aliphatic heterocycles. The van der Waals surface area contributed by atoms with Gasteiger partial charge in [-0.25, -0.2) is 9.97 Å². The first-order chi connectivity index (χ1) is 7.16. The topological polar surface area (TPSA) is 37.8 Å². The number of hydrogen-bond acceptors (Lipinski definition) is 3. The van der Waals surface area contributed by atoms with Gasteiger partial charge in [0, 0.05) is 11.4 Å². The molecule has 0 atom stereocenters. The van der Waals surface area contributed by atoms with E-state index in [1.54, 1.807) is 6.33 Å². The molecule has 0 saturated carbocycles. The summed E-state index contributed by atoms with van der Waals surface area (Å²) in [7, 11) is 2.07. The van der Waals surface area contributed by atoms with Crippen LogP contribution in [0.5, 0.6) is 0 Å². The summed E-state index contributed by atoms with van der Waals surface area (Å²) in [5.74, 6) is 0.915. The maximum absolute atomic E-state index is 4.27. The van der Waals surface area contributed by atoms with Crippen molar-refractivity contribution in [1.29, 1.82) is 0 Å². The number of nitrogens with zero attached hydrogens (tertiary/aromatic N) is 2. The van der Waals surface area contributed by atoms with Crippen LogP contribution in [-0.4, -0.2) is 23.9 Å². The van der Waals surface area contributed by atoms with Gasteiger partial charge in [-0.1, -0.05) is 17.6 Å². The van der Waals surface area contributed by atoms with Crippen molar-refractivity contribution in [1.82, 2.24) is 9.97 Å². The first kappa shape index (κ1) is 9.96. The summed E-state index contributed by atoms with van der Waals surface area (Å²) in [6.45, 7) is 4.20. The zero-order valence-corrected chi connectivity index (χ0v) is 9.28. The Hall–Kier alpha value is -1.58. The van der Waals surface area contributed by atoms with Crippen molar-refractivity contribution in [3.05, 3.63) is 24.5 Å². The Labute approximate surface area is 90.3 Å². The van der Waals surface area contributed by atoms with Crippen molar-refractivity contribution in [3.8, 4) is 0 Å². The number of aromatic nitrogens is 2. The Kier molecular flexibility index (Phi) is 2.58. The van der Waals surface area contributed by atoms with Crippen molar-refractivity contribution in [3.63, 3.8) is 0 Å². The summed E-state index contributed by atoms with van der Waals surface area (Å²) >= 11 is 0. The summed E-state index contributed by atoms with van der Waals surface area (Å²) in [6, 6.07) is 6.58. The standard InChI is InChI=1S/C11H14BN3/c1-7(2)15-11-9-5-8(12)3-4-10(9)13-6-14-11/h3-7H,12H2,1-2H3,(H,13,14,15). The van der Waals surface area contributed by atoms with E-state index in [9.17, 15) is 0 Å². The average Bonchev–Trinajstić information content (AvgIpc) is 2.18. The molecular formula is C11H14BN3. The Morgan fingerprint density at radius 3 is 2.80 bits per heavy atom. The molecule has 3 nitrogen and oxygen atoms in total. The molecule has 1 aromatic carbocycles. The first-order valence-corrected chi connectivity index (χ1v) is 5.15. The van der Waals surface area contributed by atoms with E-state index in [1.165, 1.54) is 5.46 Å². The van der Waals surface area contributed by atoms with Gasteiger partial charge < -0.3 is 5.32 Å². The van der Waals surface area contributed by atoms with Gasteiger partial charge in [0.05, 0.1) is 5.52 Å². The molecule has 1 heterocycles. The molecule has 2 rings (SSSR count). The molecule has 15 heavy (non-hydrogen) atoms. The SMILES string of the molecule is Bc1ccc2ncnc(NC(C)C)c2c1. The molecule has 76 valence electrons. The van der Waals surface area contributed by atoms with E-state index in [4.69, 9.17) is 0 Å². The van der Waals surface area contributed by atoms with E-state index in [2.05, 4.69) is 49.1 Å². The zero-order valence-electron chi connectivity index (χ0n) is 9.28.